The molecule has 0 aliphatic heterocycles. The number of aromatic hydroxyl groups is 1. The highest BCUT2D eigenvalue weighted by Gasteiger charge is 2.16. The summed E-state index contributed by atoms with van der Waals surface area (Å²) in [6.07, 6.45) is 0.600. The SMILES string of the molecule is CCOc1ccc(O)cc1OCCN[C@H](C)Cc1ccc(OC)c(S(N)(=O)=O)c1. The van der Waals surface area contributed by atoms with Gasteiger partial charge in [-0.25, -0.2) is 13.6 Å². The van der Waals surface area contributed by atoms with Crippen LogP contribution in [0.1, 0.15) is 19.4 Å². The smallest absolute Gasteiger partial charge is 0.241 e. The molecule has 2 aromatic rings. The van der Waals surface area contributed by atoms with Crippen molar-refractivity contribution in [3.8, 4) is 23.0 Å². The molecular formula is C20H28N2O6S. The Morgan fingerprint density at radius 1 is 1.10 bits per heavy atom. The Kier molecular flexibility index (Phi) is 8.12. The second-order valence-electron chi connectivity index (χ2n) is 6.50. The molecule has 8 nitrogen and oxygen atoms in total. The van der Waals surface area contributed by atoms with Gasteiger partial charge in [0, 0.05) is 18.7 Å². The molecule has 0 aliphatic carbocycles. The number of ether oxygens (including phenoxy) is 3. The fourth-order valence-electron chi connectivity index (χ4n) is 2.85. The van der Waals surface area contributed by atoms with Crippen LogP contribution in [0.2, 0.25) is 0 Å². The molecule has 160 valence electrons. The van der Waals surface area contributed by atoms with Gasteiger partial charge in [0.25, 0.3) is 0 Å². The third-order valence-corrected chi connectivity index (χ3v) is 5.09. The number of nitrogens with one attached hydrogen (secondary N) is 1. The summed E-state index contributed by atoms with van der Waals surface area (Å²) in [5.41, 5.74) is 0.822. The number of primary sulfonamides is 1. The zero-order valence-corrected chi connectivity index (χ0v) is 17.7. The molecule has 0 radical (unpaired) electrons. The van der Waals surface area contributed by atoms with Crippen molar-refractivity contribution in [1.29, 1.82) is 0 Å². The molecule has 4 N–H and O–H groups in total. The van der Waals surface area contributed by atoms with E-state index in [0.717, 1.165) is 5.56 Å². The van der Waals surface area contributed by atoms with Crippen LogP contribution < -0.4 is 24.7 Å². The number of hydrogen-bond acceptors (Lipinski definition) is 7. The number of hydrogen-bond donors (Lipinski definition) is 3. The Bertz CT molecular complexity index is 917. The molecule has 1 atom stereocenters. The lowest BCUT2D eigenvalue weighted by Gasteiger charge is -2.16. The van der Waals surface area contributed by atoms with Crippen LogP contribution in [0.25, 0.3) is 0 Å². The molecule has 0 heterocycles. The van der Waals surface area contributed by atoms with Crippen LogP contribution >= 0.6 is 0 Å². The number of phenols is 1. The highest BCUT2D eigenvalue weighted by molar-refractivity contribution is 7.89. The van der Waals surface area contributed by atoms with Gasteiger partial charge in [0.1, 0.15) is 23.0 Å². The standard InChI is InChI=1S/C20H28N2O6S/c1-4-27-17-8-6-16(23)13-19(17)28-10-9-22-14(2)11-15-5-7-18(26-3)20(12-15)29(21,24)25/h5-8,12-14,22-23H,4,9-11H2,1-3H3,(H2,21,24,25)/t14-/m1/s1. The molecule has 0 aliphatic rings. The Morgan fingerprint density at radius 3 is 2.48 bits per heavy atom. The first kappa shape index (κ1) is 22.8. The highest BCUT2D eigenvalue weighted by atomic mass is 32.2. The fraction of sp³-hybridized carbons (Fsp3) is 0.400. The lowest BCUT2D eigenvalue weighted by molar-refractivity contribution is 0.271. The van der Waals surface area contributed by atoms with Crippen LogP contribution in [0.4, 0.5) is 0 Å². The minimum Gasteiger partial charge on any atom is -0.508 e. The Morgan fingerprint density at radius 2 is 1.83 bits per heavy atom. The van der Waals surface area contributed by atoms with E-state index < -0.39 is 10.0 Å². The van der Waals surface area contributed by atoms with E-state index >= 15 is 0 Å². The van der Waals surface area contributed by atoms with E-state index in [0.29, 0.717) is 37.7 Å². The maximum Gasteiger partial charge on any atom is 0.241 e. The largest absolute Gasteiger partial charge is 0.508 e. The van der Waals surface area contributed by atoms with Crippen molar-refractivity contribution in [2.45, 2.75) is 31.2 Å². The molecular weight excluding hydrogens is 396 g/mol. The van der Waals surface area contributed by atoms with Gasteiger partial charge in [0.15, 0.2) is 11.5 Å². The maximum atomic E-state index is 11.7. The highest BCUT2D eigenvalue weighted by Crippen LogP contribution is 2.31. The zero-order valence-electron chi connectivity index (χ0n) is 16.8. The quantitative estimate of drug-likeness (QED) is 0.472. The van der Waals surface area contributed by atoms with Gasteiger partial charge in [-0.2, -0.15) is 0 Å². The van der Waals surface area contributed by atoms with Gasteiger partial charge in [-0.05, 0) is 50.1 Å². The normalized spacial score (nSPS) is 12.4. The van der Waals surface area contributed by atoms with Gasteiger partial charge >= 0.3 is 0 Å². The molecule has 0 bridgehead atoms. The second-order valence-corrected chi connectivity index (χ2v) is 8.03. The van der Waals surface area contributed by atoms with Crippen molar-refractivity contribution in [2.75, 3.05) is 26.9 Å². The van der Waals surface area contributed by atoms with Crippen LogP contribution in [0.3, 0.4) is 0 Å². The lowest BCUT2D eigenvalue weighted by atomic mass is 10.1. The average Bonchev–Trinajstić information content (AvgIpc) is 2.66. The molecule has 0 aromatic heterocycles. The molecule has 2 aromatic carbocycles. The Hall–Kier alpha value is -2.49. The minimum absolute atomic E-state index is 0.0274. The molecule has 29 heavy (non-hydrogen) atoms. The molecule has 0 saturated carbocycles. The van der Waals surface area contributed by atoms with Crippen LogP contribution in [0, 0.1) is 0 Å². The summed E-state index contributed by atoms with van der Waals surface area (Å²) in [4.78, 5) is -0.0274. The van der Waals surface area contributed by atoms with Crippen molar-refractivity contribution in [3.63, 3.8) is 0 Å². The summed E-state index contributed by atoms with van der Waals surface area (Å²) in [7, 11) is -2.47. The van der Waals surface area contributed by atoms with Crippen LogP contribution in [0.15, 0.2) is 41.3 Å². The molecule has 0 fully saturated rings. The van der Waals surface area contributed by atoms with Crippen molar-refractivity contribution < 1.29 is 27.7 Å². The van der Waals surface area contributed by atoms with Gasteiger partial charge in [0.2, 0.25) is 10.0 Å². The third kappa shape index (κ3) is 6.81. The first-order valence-electron chi connectivity index (χ1n) is 9.26. The Balaban J connectivity index is 1.90. The second kappa shape index (κ2) is 10.3. The summed E-state index contributed by atoms with van der Waals surface area (Å²) in [6, 6.07) is 9.73. The van der Waals surface area contributed by atoms with Crippen molar-refractivity contribution in [3.05, 3.63) is 42.0 Å². The predicted molar refractivity (Wildman–Crippen MR) is 110 cm³/mol. The number of rotatable bonds is 11. The lowest BCUT2D eigenvalue weighted by Crippen LogP contribution is -2.32. The summed E-state index contributed by atoms with van der Waals surface area (Å²) < 4.78 is 39.7. The molecule has 0 unspecified atom stereocenters. The summed E-state index contributed by atoms with van der Waals surface area (Å²) in [5.74, 6) is 1.39. The van der Waals surface area contributed by atoms with E-state index in [-0.39, 0.29) is 22.4 Å². The van der Waals surface area contributed by atoms with Gasteiger partial charge in [-0.15, -0.1) is 0 Å². The van der Waals surface area contributed by atoms with Crippen molar-refractivity contribution in [1.82, 2.24) is 5.32 Å². The topological polar surface area (TPSA) is 120 Å². The third-order valence-electron chi connectivity index (χ3n) is 4.16. The van der Waals surface area contributed by atoms with E-state index in [1.165, 1.54) is 19.2 Å². The van der Waals surface area contributed by atoms with Gasteiger partial charge in [-0.1, -0.05) is 6.07 Å². The van der Waals surface area contributed by atoms with E-state index in [1.54, 1.807) is 18.2 Å². The van der Waals surface area contributed by atoms with Crippen molar-refractivity contribution >= 4 is 10.0 Å². The number of sulfonamides is 1. The Labute approximate surface area is 171 Å². The number of phenolic OH excluding ortho intramolecular Hbond substituents is 1. The first-order valence-corrected chi connectivity index (χ1v) is 10.8. The summed E-state index contributed by atoms with van der Waals surface area (Å²) >= 11 is 0. The first-order chi connectivity index (χ1) is 13.7. The van der Waals surface area contributed by atoms with E-state index in [9.17, 15) is 13.5 Å². The average molecular weight is 425 g/mol. The molecule has 9 heteroatoms. The molecule has 0 saturated heterocycles. The summed E-state index contributed by atoms with van der Waals surface area (Å²) in [5, 5.41) is 18.2. The van der Waals surface area contributed by atoms with Crippen LogP contribution in [0.5, 0.6) is 23.0 Å². The monoisotopic (exact) mass is 424 g/mol. The molecule has 2 rings (SSSR count). The van der Waals surface area contributed by atoms with E-state index in [1.807, 2.05) is 19.9 Å². The fourth-order valence-corrected chi connectivity index (χ4v) is 3.59. The predicted octanol–water partition coefficient (Wildman–Crippen LogP) is 2.05. The number of methoxy groups -OCH3 is 1. The number of nitrogens with two attached hydrogens (primary N) is 1. The van der Waals surface area contributed by atoms with Gasteiger partial charge in [-0.3, -0.25) is 0 Å². The van der Waals surface area contributed by atoms with Crippen LogP contribution in [-0.4, -0.2) is 46.4 Å². The van der Waals surface area contributed by atoms with Crippen LogP contribution in [-0.2, 0) is 16.4 Å². The summed E-state index contributed by atoms with van der Waals surface area (Å²) in [6.45, 7) is 5.29. The molecule has 0 spiro atoms. The molecule has 0 amide bonds. The minimum atomic E-state index is -3.87. The van der Waals surface area contributed by atoms with E-state index in [2.05, 4.69) is 5.32 Å². The zero-order chi connectivity index (χ0) is 21.4. The van der Waals surface area contributed by atoms with Gasteiger partial charge < -0.3 is 24.6 Å². The van der Waals surface area contributed by atoms with Crippen molar-refractivity contribution in [2.24, 2.45) is 5.14 Å². The van der Waals surface area contributed by atoms with Gasteiger partial charge in [0.05, 0.1) is 13.7 Å². The maximum absolute atomic E-state index is 11.7. The van der Waals surface area contributed by atoms with E-state index in [4.69, 9.17) is 19.3 Å². The number of benzene rings is 2.